The molecule has 1 aromatic rings. The molecule has 0 aliphatic rings. The zero-order valence-corrected chi connectivity index (χ0v) is 11.7. The molecule has 110 valence electrons. The Kier molecular flexibility index (Phi) is 7.31. The third-order valence-corrected chi connectivity index (χ3v) is 3.02. The summed E-state index contributed by atoms with van der Waals surface area (Å²) in [5.74, 6) is -0.0842. The standard InChI is InChI=1S/C14H22N4O2/c1-16-13(3-2-8-17-10-19)14(20)18-12-6-4-11(9-15)5-7-12/h4-7,10,13,16H,2-3,8-9,15H2,1H3,(H,17,19)(H,18,20)/t13-/m0/s1. The fourth-order valence-electron chi connectivity index (χ4n) is 1.83. The number of anilines is 1. The Bertz CT molecular complexity index is 420. The number of rotatable bonds is 9. The highest BCUT2D eigenvalue weighted by Gasteiger charge is 2.15. The van der Waals surface area contributed by atoms with Crippen molar-refractivity contribution < 1.29 is 9.59 Å². The van der Waals surface area contributed by atoms with E-state index in [0.717, 1.165) is 17.7 Å². The van der Waals surface area contributed by atoms with Gasteiger partial charge in [-0.3, -0.25) is 9.59 Å². The first-order chi connectivity index (χ1) is 9.71. The Morgan fingerprint density at radius 2 is 2.05 bits per heavy atom. The van der Waals surface area contributed by atoms with Crippen molar-refractivity contribution in [3.63, 3.8) is 0 Å². The molecular weight excluding hydrogens is 256 g/mol. The van der Waals surface area contributed by atoms with E-state index in [-0.39, 0.29) is 11.9 Å². The first-order valence-corrected chi connectivity index (χ1v) is 6.65. The Labute approximate surface area is 119 Å². The average molecular weight is 278 g/mol. The Morgan fingerprint density at radius 1 is 1.35 bits per heavy atom. The molecule has 0 fully saturated rings. The third kappa shape index (κ3) is 5.38. The number of amides is 2. The van der Waals surface area contributed by atoms with E-state index in [1.807, 2.05) is 24.3 Å². The molecule has 0 spiro atoms. The predicted octanol–water partition coefficient (Wildman–Crippen LogP) is 0.198. The largest absolute Gasteiger partial charge is 0.359 e. The van der Waals surface area contributed by atoms with Gasteiger partial charge in [-0.25, -0.2) is 0 Å². The van der Waals surface area contributed by atoms with Crippen molar-refractivity contribution in [2.75, 3.05) is 18.9 Å². The molecule has 5 N–H and O–H groups in total. The summed E-state index contributed by atoms with van der Waals surface area (Å²) in [5, 5.41) is 8.40. The average Bonchev–Trinajstić information content (AvgIpc) is 2.48. The van der Waals surface area contributed by atoms with Gasteiger partial charge in [0.2, 0.25) is 12.3 Å². The molecule has 0 bridgehead atoms. The van der Waals surface area contributed by atoms with Crippen LogP contribution in [0.4, 0.5) is 5.69 Å². The van der Waals surface area contributed by atoms with Crippen molar-refractivity contribution in [3.05, 3.63) is 29.8 Å². The van der Waals surface area contributed by atoms with Crippen molar-refractivity contribution in [2.24, 2.45) is 5.73 Å². The molecule has 20 heavy (non-hydrogen) atoms. The summed E-state index contributed by atoms with van der Waals surface area (Å²) < 4.78 is 0. The monoisotopic (exact) mass is 278 g/mol. The summed E-state index contributed by atoms with van der Waals surface area (Å²) in [6.07, 6.45) is 2.06. The molecule has 6 nitrogen and oxygen atoms in total. The van der Waals surface area contributed by atoms with Gasteiger partial charge >= 0.3 is 0 Å². The lowest BCUT2D eigenvalue weighted by Crippen LogP contribution is -2.38. The van der Waals surface area contributed by atoms with E-state index in [0.29, 0.717) is 25.9 Å². The molecule has 1 aromatic carbocycles. The van der Waals surface area contributed by atoms with E-state index in [1.165, 1.54) is 0 Å². The molecule has 0 saturated carbocycles. The van der Waals surface area contributed by atoms with Crippen molar-refractivity contribution in [1.82, 2.24) is 10.6 Å². The zero-order valence-electron chi connectivity index (χ0n) is 11.7. The number of nitrogens with two attached hydrogens (primary N) is 1. The highest BCUT2D eigenvalue weighted by Crippen LogP contribution is 2.10. The minimum Gasteiger partial charge on any atom is -0.359 e. The van der Waals surface area contributed by atoms with Crippen molar-refractivity contribution >= 4 is 18.0 Å². The third-order valence-electron chi connectivity index (χ3n) is 3.02. The molecule has 1 rings (SSSR count). The molecule has 0 unspecified atom stereocenters. The molecule has 0 saturated heterocycles. The summed E-state index contributed by atoms with van der Waals surface area (Å²) in [7, 11) is 1.74. The Balaban J connectivity index is 2.46. The number of carbonyl (C=O) groups excluding carboxylic acids is 2. The van der Waals surface area contributed by atoms with E-state index < -0.39 is 0 Å². The molecule has 2 amide bonds. The minimum absolute atomic E-state index is 0.0842. The van der Waals surface area contributed by atoms with Gasteiger partial charge in [-0.15, -0.1) is 0 Å². The van der Waals surface area contributed by atoms with E-state index in [4.69, 9.17) is 5.73 Å². The van der Waals surface area contributed by atoms with Crippen molar-refractivity contribution in [1.29, 1.82) is 0 Å². The maximum atomic E-state index is 12.1. The molecule has 0 radical (unpaired) electrons. The highest BCUT2D eigenvalue weighted by atomic mass is 16.2. The van der Waals surface area contributed by atoms with Crippen LogP contribution in [0.5, 0.6) is 0 Å². The van der Waals surface area contributed by atoms with Crippen LogP contribution in [0.15, 0.2) is 24.3 Å². The first kappa shape index (κ1) is 16.1. The molecule has 1 atom stereocenters. The Hall–Kier alpha value is -1.92. The summed E-state index contributed by atoms with van der Waals surface area (Å²) in [6, 6.07) is 7.16. The topological polar surface area (TPSA) is 96.2 Å². The van der Waals surface area contributed by atoms with Crippen LogP contribution in [0.1, 0.15) is 18.4 Å². The van der Waals surface area contributed by atoms with Crippen LogP contribution in [0.25, 0.3) is 0 Å². The number of hydrogen-bond acceptors (Lipinski definition) is 4. The second kappa shape index (κ2) is 9.06. The number of benzene rings is 1. The smallest absolute Gasteiger partial charge is 0.241 e. The van der Waals surface area contributed by atoms with E-state index in [1.54, 1.807) is 7.05 Å². The lowest BCUT2D eigenvalue weighted by molar-refractivity contribution is -0.118. The van der Waals surface area contributed by atoms with Gasteiger partial charge in [0.05, 0.1) is 6.04 Å². The summed E-state index contributed by atoms with van der Waals surface area (Å²) >= 11 is 0. The summed E-state index contributed by atoms with van der Waals surface area (Å²) in [6.45, 7) is 1.05. The van der Waals surface area contributed by atoms with Gasteiger partial charge in [-0.1, -0.05) is 12.1 Å². The van der Waals surface area contributed by atoms with E-state index in [9.17, 15) is 9.59 Å². The van der Waals surface area contributed by atoms with Crippen LogP contribution in [-0.4, -0.2) is 32.0 Å². The second-order valence-electron chi connectivity index (χ2n) is 4.45. The SMILES string of the molecule is CN[C@@H](CCCNC=O)C(=O)Nc1ccc(CN)cc1. The zero-order chi connectivity index (χ0) is 14.8. The van der Waals surface area contributed by atoms with Gasteiger partial charge in [0.15, 0.2) is 0 Å². The molecule has 0 aliphatic carbocycles. The fraction of sp³-hybridized carbons (Fsp3) is 0.429. The number of carbonyl (C=O) groups is 2. The summed E-state index contributed by atoms with van der Waals surface area (Å²) in [4.78, 5) is 22.2. The fourth-order valence-corrected chi connectivity index (χ4v) is 1.83. The molecule has 0 aliphatic heterocycles. The maximum absolute atomic E-state index is 12.1. The van der Waals surface area contributed by atoms with Gasteiger partial charge in [0, 0.05) is 18.8 Å². The summed E-state index contributed by atoms with van der Waals surface area (Å²) in [5.41, 5.74) is 7.29. The van der Waals surface area contributed by atoms with E-state index in [2.05, 4.69) is 16.0 Å². The van der Waals surface area contributed by atoms with Crippen LogP contribution in [-0.2, 0) is 16.1 Å². The van der Waals surface area contributed by atoms with Crippen molar-refractivity contribution in [3.8, 4) is 0 Å². The molecule has 0 heterocycles. The number of hydrogen-bond donors (Lipinski definition) is 4. The number of nitrogens with one attached hydrogen (secondary N) is 3. The van der Waals surface area contributed by atoms with Gasteiger partial charge in [-0.05, 0) is 37.6 Å². The number of likely N-dealkylation sites (N-methyl/N-ethyl adjacent to an activating group) is 1. The lowest BCUT2D eigenvalue weighted by Gasteiger charge is -2.16. The van der Waals surface area contributed by atoms with Gasteiger partial charge in [-0.2, -0.15) is 0 Å². The van der Waals surface area contributed by atoms with E-state index >= 15 is 0 Å². The second-order valence-corrected chi connectivity index (χ2v) is 4.45. The maximum Gasteiger partial charge on any atom is 0.241 e. The van der Waals surface area contributed by atoms with Crippen LogP contribution in [0.2, 0.25) is 0 Å². The molecule has 0 aromatic heterocycles. The van der Waals surface area contributed by atoms with Crippen LogP contribution in [0.3, 0.4) is 0 Å². The van der Waals surface area contributed by atoms with Gasteiger partial charge < -0.3 is 21.7 Å². The highest BCUT2D eigenvalue weighted by molar-refractivity contribution is 5.94. The van der Waals surface area contributed by atoms with Gasteiger partial charge in [0.25, 0.3) is 0 Å². The normalized spacial score (nSPS) is 11.7. The van der Waals surface area contributed by atoms with Crippen LogP contribution >= 0.6 is 0 Å². The van der Waals surface area contributed by atoms with Crippen LogP contribution < -0.4 is 21.7 Å². The minimum atomic E-state index is -0.280. The lowest BCUT2D eigenvalue weighted by atomic mass is 10.1. The quantitative estimate of drug-likeness (QED) is 0.383. The first-order valence-electron chi connectivity index (χ1n) is 6.65. The molecular formula is C14H22N4O2. The van der Waals surface area contributed by atoms with Crippen LogP contribution in [0, 0.1) is 0 Å². The predicted molar refractivity (Wildman–Crippen MR) is 79.1 cm³/mol. The van der Waals surface area contributed by atoms with Gasteiger partial charge in [0.1, 0.15) is 0 Å². The Morgan fingerprint density at radius 3 is 2.60 bits per heavy atom. The molecule has 6 heteroatoms. The van der Waals surface area contributed by atoms with Crippen molar-refractivity contribution in [2.45, 2.75) is 25.4 Å².